The topological polar surface area (TPSA) is 46.9 Å². The van der Waals surface area contributed by atoms with E-state index in [-0.39, 0.29) is 22.1 Å². The molecule has 2 heterocycles. The third kappa shape index (κ3) is 2.81. The van der Waals surface area contributed by atoms with E-state index in [1.807, 2.05) is 0 Å². The Labute approximate surface area is 147 Å². The van der Waals surface area contributed by atoms with Crippen LogP contribution in [0.2, 0.25) is 5.02 Å². The smallest absolute Gasteiger partial charge is 0.267 e. The molecule has 0 spiro atoms. The number of hydrogen-bond acceptors (Lipinski definition) is 3. The molecule has 4 rings (SSSR count). The number of fused-ring (bicyclic) bond motifs is 1. The van der Waals surface area contributed by atoms with Crippen molar-refractivity contribution in [3.8, 4) is 5.69 Å². The lowest BCUT2D eigenvalue weighted by atomic mass is 10.1. The predicted octanol–water partition coefficient (Wildman–Crippen LogP) is 3.74. The summed E-state index contributed by atoms with van der Waals surface area (Å²) in [5, 5.41) is 3.76. The van der Waals surface area contributed by atoms with Gasteiger partial charge in [0.25, 0.3) is 5.56 Å². The van der Waals surface area contributed by atoms with Gasteiger partial charge >= 0.3 is 0 Å². The van der Waals surface area contributed by atoms with E-state index in [0.29, 0.717) is 11.3 Å². The Morgan fingerprint density at radius 3 is 2.64 bits per heavy atom. The van der Waals surface area contributed by atoms with Gasteiger partial charge in [-0.25, -0.2) is 13.8 Å². The quantitative estimate of drug-likeness (QED) is 0.756. The van der Waals surface area contributed by atoms with Gasteiger partial charge < -0.3 is 5.32 Å². The molecule has 1 fully saturated rings. The Hall–Kier alpha value is -2.31. The maximum atomic E-state index is 13.7. The molecule has 0 radical (unpaired) electrons. The highest BCUT2D eigenvalue weighted by Crippen LogP contribution is 2.27. The van der Waals surface area contributed by atoms with E-state index in [1.54, 1.807) is 18.2 Å². The molecule has 1 N–H and O–H groups in total. The van der Waals surface area contributed by atoms with E-state index in [4.69, 9.17) is 11.6 Å². The minimum Gasteiger partial charge on any atom is -0.307 e. The van der Waals surface area contributed by atoms with Gasteiger partial charge in [0, 0.05) is 6.07 Å². The van der Waals surface area contributed by atoms with Crippen LogP contribution in [0.1, 0.15) is 24.7 Å². The van der Waals surface area contributed by atoms with Gasteiger partial charge in [-0.15, -0.1) is 0 Å². The number of nitrogens with one attached hydrogen (secondary N) is 1. The Balaban J connectivity index is 2.09. The van der Waals surface area contributed by atoms with E-state index in [0.717, 1.165) is 37.6 Å². The molecule has 1 aliphatic heterocycles. The van der Waals surface area contributed by atoms with Gasteiger partial charge in [0.2, 0.25) is 0 Å². The molecule has 1 saturated heterocycles. The lowest BCUT2D eigenvalue weighted by Gasteiger charge is -2.18. The summed E-state index contributed by atoms with van der Waals surface area (Å²) in [6.07, 6.45) is 1.72. The Bertz CT molecular complexity index is 1010. The molecule has 1 aromatic heterocycles. The zero-order valence-corrected chi connectivity index (χ0v) is 13.9. The molecular weight excluding hydrogens is 348 g/mol. The highest BCUT2D eigenvalue weighted by Gasteiger charge is 2.24. The van der Waals surface area contributed by atoms with Crippen LogP contribution in [0.5, 0.6) is 0 Å². The standard InChI is InChI=1S/C18H14ClF2N3O/c19-13-3-1-4-14-16(13)18(25)24(12-8-10(20)7-11(21)9-12)17(23-14)15-5-2-6-22-15/h1,3-4,7-9,15,22H,2,5-6H2/t15-/m0/s1. The van der Waals surface area contributed by atoms with Crippen LogP contribution in [0.15, 0.2) is 41.2 Å². The van der Waals surface area contributed by atoms with Crippen molar-refractivity contribution >= 4 is 22.5 Å². The Morgan fingerprint density at radius 1 is 1.20 bits per heavy atom. The van der Waals surface area contributed by atoms with Crippen molar-refractivity contribution in [2.45, 2.75) is 18.9 Å². The molecule has 0 aliphatic carbocycles. The van der Waals surface area contributed by atoms with Gasteiger partial charge in [-0.3, -0.25) is 9.36 Å². The number of halogens is 3. The second-order valence-electron chi connectivity index (χ2n) is 6.02. The number of aromatic nitrogens is 2. The molecular formula is C18H14ClF2N3O. The monoisotopic (exact) mass is 361 g/mol. The molecule has 0 bridgehead atoms. The van der Waals surface area contributed by atoms with E-state index in [9.17, 15) is 13.6 Å². The first-order chi connectivity index (χ1) is 12.0. The summed E-state index contributed by atoms with van der Waals surface area (Å²) < 4.78 is 28.7. The minimum atomic E-state index is -0.758. The van der Waals surface area contributed by atoms with Crippen molar-refractivity contribution in [1.82, 2.24) is 14.9 Å². The molecule has 25 heavy (non-hydrogen) atoms. The summed E-state index contributed by atoms with van der Waals surface area (Å²) in [6, 6.07) is 7.86. The zero-order chi connectivity index (χ0) is 17.6. The van der Waals surface area contributed by atoms with E-state index >= 15 is 0 Å². The number of hydrogen-bond donors (Lipinski definition) is 1. The van der Waals surface area contributed by atoms with Gasteiger partial charge in [0.15, 0.2) is 0 Å². The maximum absolute atomic E-state index is 13.7. The van der Waals surface area contributed by atoms with E-state index in [1.165, 1.54) is 4.57 Å². The summed E-state index contributed by atoms with van der Waals surface area (Å²) in [5.74, 6) is -1.08. The van der Waals surface area contributed by atoms with Crippen molar-refractivity contribution in [3.63, 3.8) is 0 Å². The fraction of sp³-hybridized carbons (Fsp3) is 0.222. The zero-order valence-electron chi connectivity index (χ0n) is 13.1. The second kappa shape index (κ2) is 6.20. The van der Waals surface area contributed by atoms with Crippen LogP contribution in [0, 0.1) is 11.6 Å². The van der Waals surface area contributed by atoms with Crippen molar-refractivity contribution < 1.29 is 8.78 Å². The van der Waals surface area contributed by atoms with Gasteiger partial charge in [0.05, 0.1) is 27.7 Å². The Morgan fingerprint density at radius 2 is 1.96 bits per heavy atom. The molecule has 128 valence electrons. The van der Waals surface area contributed by atoms with Crippen LogP contribution >= 0.6 is 11.6 Å². The van der Waals surface area contributed by atoms with Crippen LogP contribution in [-0.2, 0) is 0 Å². The van der Waals surface area contributed by atoms with Gasteiger partial charge in [-0.1, -0.05) is 17.7 Å². The second-order valence-corrected chi connectivity index (χ2v) is 6.43. The molecule has 7 heteroatoms. The van der Waals surface area contributed by atoms with Crippen LogP contribution in [0.4, 0.5) is 8.78 Å². The average molecular weight is 362 g/mol. The van der Waals surface area contributed by atoms with E-state index < -0.39 is 17.2 Å². The average Bonchev–Trinajstić information content (AvgIpc) is 3.07. The maximum Gasteiger partial charge on any atom is 0.267 e. The molecule has 0 unspecified atom stereocenters. The van der Waals surface area contributed by atoms with Gasteiger partial charge in [0.1, 0.15) is 17.5 Å². The SMILES string of the molecule is O=c1c2c(Cl)cccc2nc([C@@H]2CCCN2)n1-c1cc(F)cc(F)c1. The first kappa shape index (κ1) is 16.2. The van der Waals surface area contributed by atoms with Crippen molar-refractivity contribution in [2.24, 2.45) is 0 Å². The lowest BCUT2D eigenvalue weighted by Crippen LogP contribution is -2.29. The molecule has 1 atom stereocenters. The fourth-order valence-corrected chi connectivity index (χ4v) is 3.51. The summed E-state index contributed by atoms with van der Waals surface area (Å²) in [6.45, 7) is 0.797. The lowest BCUT2D eigenvalue weighted by molar-refractivity contribution is 0.568. The minimum absolute atomic E-state index is 0.0977. The summed E-state index contributed by atoms with van der Waals surface area (Å²) in [5.41, 5.74) is 0.124. The van der Waals surface area contributed by atoms with Crippen LogP contribution in [0.25, 0.3) is 16.6 Å². The third-order valence-corrected chi connectivity index (χ3v) is 4.67. The predicted molar refractivity (Wildman–Crippen MR) is 92.2 cm³/mol. The summed E-state index contributed by atoms with van der Waals surface area (Å²) >= 11 is 6.18. The summed E-state index contributed by atoms with van der Waals surface area (Å²) in [7, 11) is 0. The first-order valence-corrected chi connectivity index (χ1v) is 8.33. The number of benzene rings is 2. The van der Waals surface area contributed by atoms with Crippen LogP contribution < -0.4 is 10.9 Å². The van der Waals surface area contributed by atoms with Crippen molar-refractivity contribution in [1.29, 1.82) is 0 Å². The summed E-state index contributed by atoms with van der Waals surface area (Å²) in [4.78, 5) is 17.7. The van der Waals surface area contributed by atoms with E-state index in [2.05, 4.69) is 10.3 Å². The largest absolute Gasteiger partial charge is 0.307 e. The van der Waals surface area contributed by atoms with Crippen LogP contribution in [0.3, 0.4) is 0 Å². The number of nitrogens with zero attached hydrogens (tertiary/aromatic N) is 2. The molecule has 2 aromatic carbocycles. The highest BCUT2D eigenvalue weighted by atomic mass is 35.5. The molecule has 0 saturated carbocycles. The number of rotatable bonds is 2. The van der Waals surface area contributed by atoms with Crippen molar-refractivity contribution in [2.75, 3.05) is 6.54 Å². The van der Waals surface area contributed by atoms with Crippen molar-refractivity contribution in [3.05, 3.63) is 69.2 Å². The van der Waals surface area contributed by atoms with Crippen LogP contribution in [-0.4, -0.2) is 16.1 Å². The fourth-order valence-electron chi connectivity index (χ4n) is 3.26. The molecule has 4 nitrogen and oxygen atoms in total. The molecule has 1 aliphatic rings. The normalized spacial score (nSPS) is 17.3. The first-order valence-electron chi connectivity index (χ1n) is 7.95. The Kier molecular flexibility index (Phi) is 4.01. The third-order valence-electron chi connectivity index (χ3n) is 4.35. The highest BCUT2D eigenvalue weighted by molar-refractivity contribution is 6.35. The van der Waals surface area contributed by atoms with Gasteiger partial charge in [-0.05, 0) is 43.7 Å². The molecule has 3 aromatic rings. The van der Waals surface area contributed by atoms with Gasteiger partial charge in [-0.2, -0.15) is 0 Å². The molecule has 0 amide bonds.